The van der Waals surface area contributed by atoms with E-state index in [-0.39, 0.29) is 0 Å². The Balaban J connectivity index is 1.50. The highest BCUT2D eigenvalue weighted by molar-refractivity contribution is 5.87. The molecule has 0 radical (unpaired) electrons. The minimum Gasteiger partial charge on any atom is -0.389 e. The Bertz CT molecular complexity index is 753. The number of nitrogens with one attached hydrogen (secondary N) is 1. The fraction of sp³-hybridized carbons (Fsp3) is 0.714. The third-order valence-electron chi connectivity index (χ3n) is 6.21. The number of likely N-dealkylation sites (tertiary alicyclic amines) is 1. The van der Waals surface area contributed by atoms with Crippen LogP contribution >= 0.6 is 0 Å². The first-order chi connectivity index (χ1) is 12.9. The van der Waals surface area contributed by atoms with Crippen LogP contribution in [0, 0.1) is 11.8 Å². The van der Waals surface area contributed by atoms with E-state index in [0.717, 1.165) is 54.9 Å². The number of β-amino-alcohol motifs (C(OH)–C–C–N with tert-alkyl or cyclic N) is 1. The van der Waals surface area contributed by atoms with Gasteiger partial charge in [0.15, 0.2) is 0 Å². The highest BCUT2D eigenvalue weighted by Gasteiger charge is 2.43. The van der Waals surface area contributed by atoms with Crippen LogP contribution in [0.1, 0.15) is 46.5 Å². The molecule has 0 aromatic carbocycles. The van der Waals surface area contributed by atoms with Crippen LogP contribution in [0.5, 0.6) is 0 Å². The molecular weight excluding hydrogens is 338 g/mol. The van der Waals surface area contributed by atoms with Crippen LogP contribution in [0.4, 0.5) is 5.82 Å². The topological polar surface area (TPSA) is 68.3 Å². The SMILES string of the molecule is CCCCN(c1ncnc2[nH]ccc12)[C@H]1CC2CN(CC(C)(C)O)C[C@@H]2C1. The summed E-state index contributed by atoms with van der Waals surface area (Å²) >= 11 is 0. The van der Waals surface area contributed by atoms with E-state index >= 15 is 0 Å². The zero-order valence-electron chi connectivity index (χ0n) is 16.9. The van der Waals surface area contributed by atoms with Gasteiger partial charge in [-0.15, -0.1) is 0 Å². The minimum atomic E-state index is -0.605. The number of fused-ring (bicyclic) bond motifs is 2. The first-order valence-electron chi connectivity index (χ1n) is 10.4. The van der Waals surface area contributed by atoms with Crippen molar-refractivity contribution in [2.45, 2.75) is 58.1 Å². The lowest BCUT2D eigenvalue weighted by Crippen LogP contribution is -2.40. The van der Waals surface area contributed by atoms with Crippen molar-refractivity contribution >= 4 is 16.9 Å². The van der Waals surface area contributed by atoms with E-state index in [0.29, 0.717) is 6.04 Å². The van der Waals surface area contributed by atoms with Crippen LogP contribution < -0.4 is 4.90 Å². The molecule has 3 atom stereocenters. The number of rotatable bonds is 7. The molecule has 2 aromatic rings. The van der Waals surface area contributed by atoms with Gasteiger partial charge in [0.1, 0.15) is 17.8 Å². The highest BCUT2D eigenvalue weighted by Crippen LogP contribution is 2.42. The van der Waals surface area contributed by atoms with Crippen LogP contribution in [0.3, 0.4) is 0 Å². The molecular formula is C21H33N5O. The summed E-state index contributed by atoms with van der Waals surface area (Å²) in [6.45, 7) is 10.2. The van der Waals surface area contributed by atoms with E-state index in [2.05, 4.69) is 37.7 Å². The second-order valence-corrected chi connectivity index (χ2v) is 9.14. The van der Waals surface area contributed by atoms with Gasteiger partial charge in [-0.05, 0) is 51.0 Å². The molecule has 2 fully saturated rings. The normalized spacial score (nSPS) is 26.0. The standard InChI is InChI=1S/C21H33N5O/c1-4-5-8-26(20-18-6-7-22-19(18)23-14-24-20)17-9-15-11-25(12-16(15)10-17)13-21(2,3)27/h6-7,14-17,27H,4-5,8-13H2,1-3H3,(H,22,23,24)/t15-,16?,17+/m0/s1. The third kappa shape index (κ3) is 3.97. The Morgan fingerprint density at radius 3 is 2.67 bits per heavy atom. The number of hydrogen-bond acceptors (Lipinski definition) is 5. The Morgan fingerprint density at radius 1 is 1.26 bits per heavy atom. The van der Waals surface area contributed by atoms with Crippen molar-refractivity contribution in [1.82, 2.24) is 19.9 Å². The summed E-state index contributed by atoms with van der Waals surface area (Å²) in [6, 6.07) is 2.66. The van der Waals surface area contributed by atoms with E-state index in [9.17, 15) is 5.11 Å². The number of anilines is 1. The lowest BCUT2D eigenvalue weighted by molar-refractivity contribution is 0.0413. The van der Waals surface area contributed by atoms with Crippen LogP contribution in [-0.2, 0) is 0 Å². The van der Waals surface area contributed by atoms with Crippen LogP contribution in [0.15, 0.2) is 18.6 Å². The van der Waals surface area contributed by atoms with Gasteiger partial charge in [0, 0.05) is 38.4 Å². The van der Waals surface area contributed by atoms with Crippen molar-refractivity contribution < 1.29 is 5.11 Å². The molecule has 1 aliphatic heterocycles. The molecule has 4 rings (SSSR count). The molecule has 148 valence electrons. The summed E-state index contributed by atoms with van der Waals surface area (Å²) in [7, 11) is 0. The summed E-state index contributed by atoms with van der Waals surface area (Å²) < 4.78 is 0. The van der Waals surface area contributed by atoms with Crippen molar-refractivity contribution in [1.29, 1.82) is 0 Å². The molecule has 3 heterocycles. The van der Waals surface area contributed by atoms with Gasteiger partial charge in [-0.2, -0.15) is 0 Å². The van der Waals surface area contributed by atoms with E-state index in [4.69, 9.17) is 0 Å². The second-order valence-electron chi connectivity index (χ2n) is 9.14. The molecule has 1 saturated carbocycles. The average molecular weight is 372 g/mol. The molecule has 0 amide bonds. The molecule has 6 heteroatoms. The predicted molar refractivity (Wildman–Crippen MR) is 109 cm³/mol. The van der Waals surface area contributed by atoms with Crippen LogP contribution in [0.25, 0.3) is 11.0 Å². The molecule has 2 N–H and O–H groups in total. The summed E-state index contributed by atoms with van der Waals surface area (Å²) in [5, 5.41) is 11.3. The lowest BCUT2D eigenvalue weighted by Gasteiger charge is -2.32. The number of nitrogens with zero attached hydrogens (tertiary/aromatic N) is 4. The van der Waals surface area contributed by atoms with Gasteiger partial charge < -0.3 is 15.0 Å². The quantitative estimate of drug-likeness (QED) is 0.783. The third-order valence-corrected chi connectivity index (χ3v) is 6.21. The van der Waals surface area contributed by atoms with Crippen LogP contribution in [-0.4, -0.2) is 62.8 Å². The smallest absolute Gasteiger partial charge is 0.142 e. The number of aromatic nitrogens is 3. The fourth-order valence-electron chi connectivity index (χ4n) is 5.17. The van der Waals surface area contributed by atoms with Crippen molar-refractivity contribution in [2.24, 2.45) is 11.8 Å². The van der Waals surface area contributed by atoms with Gasteiger partial charge >= 0.3 is 0 Å². The van der Waals surface area contributed by atoms with Crippen molar-refractivity contribution in [3.05, 3.63) is 18.6 Å². The number of unbranched alkanes of at least 4 members (excludes halogenated alkanes) is 1. The molecule has 1 saturated heterocycles. The molecule has 27 heavy (non-hydrogen) atoms. The summed E-state index contributed by atoms with van der Waals surface area (Å²) in [5.74, 6) is 2.57. The minimum absolute atomic E-state index is 0.559. The van der Waals surface area contributed by atoms with Crippen molar-refractivity contribution in [3.8, 4) is 0 Å². The molecule has 1 aliphatic carbocycles. The maximum atomic E-state index is 10.1. The lowest BCUT2D eigenvalue weighted by atomic mass is 10.0. The Kier molecular flexibility index (Phi) is 5.12. The van der Waals surface area contributed by atoms with Crippen molar-refractivity contribution in [3.63, 3.8) is 0 Å². The summed E-state index contributed by atoms with van der Waals surface area (Å²) in [5.41, 5.74) is 0.322. The highest BCUT2D eigenvalue weighted by atomic mass is 16.3. The average Bonchev–Trinajstić information content (AvgIpc) is 3.28. The Morgan fingerprint density at radius 2 is 2.00 bits per heavy atom. The van der Waals surface area contributed by atoms with Crippen LogP contribution in [0.2, 0.25) is 0 Å². The molecule has 0 spiro atoms. The number of aliphatic hydroxyl groups is 1. The monoisotopic (exact) mass is 371 g/mol. The predicted octanol–water partition coefficient (Wildman–Crippen LogP) is 3.05. The molecule has 6 nitrogen and oxygen atoms in total. The molecule has 2 aromatic heterocycles. The van der Waals surface area contributed by atoms with E-state index in [1.807, 2.05) is 20.0 Å². The number of aromatic amines is 1. The zero-order valence-corrected chi connectivity index (χ0v) is 16.9. The maximum absolute atomic E-state index is 10.1. The van der Waals surface area contributed by atoms with Gasteiger partial charge in [0.2, 0.25) is 0 Å². The summed E-state index contributed by atoms with van der Waals surface area (Å²) in [4.78, 5) is 17.3. The largest absolute Gasteiger partial charge is 0.389 e. The Labute approximate surface area is 162 Å². The number of H-pyrrole nitrogens is 1. The zero-order chi connectivity index (χ0) is 19.0. The molecule has 0 bridgehead atoms. The van der Waals surface area contributed by atoms with Gasteiger partial charge in [0.25, 0.3) is 0 Å². The van der Waals surface area contributed by atoms with Crippen molar-refractivity contribution in [2.75, 3.05) is 31.1 Å². The van der Waals surface area contributed by atoms with Gasteiger partial charge in [0.05, 0.1) is 11.0 Å². The van der Waals surface area contributed by atoms with Gasteiger partial charge in [-0.1, -0.05) is 13.3 Å². The number of hydrogen-bond donors (Lipinski definition) is 2. The van der Waals surface area contributed by atoms with Gasteiger partial charge in [-0.25, -0.2) is 9.97 Å². The second kappa shape index (κ2) is 7.40. The van der Waals surface area contributed by atoms with Gasteiger partial charge in [-0.3, -0.25) is 4.90 Å². The Hall–Kier alpha value is -1.66. The summed E-state index contributed by atoms with van der Waals surface area (Å²) in [6.07, 6.45) is 8.48. The first kappa shape index (κ1) is 18.7. The molecule has 2 aliphatic rings. The molecule has 1 unspecified atom stereocenters. The maximum Gasteiger partial charge on any atom is 0.142 e. The first-order valence-corrected chi connectivity index (χ1v) is 10.4. The van der Waals surface area contributed by atoms with E-state index < -0.39 is 5.60 Å². The van der Waals surface area contributed by atoms with E-state index in [1.165, 1.54) is 25.7 Å². The van der Waals surface area contributed by atoms with E-state index in [1.54, 1.807) is 6.33 Å². The fourth-order valence-corrected chi connectivity index (χ4v) is 5.17.